The molecule has 0 unspecified atom stereocenters. The Hall–Kier alpha value is -0.730. The van der Waals surface area contributed by atoms with Gasteiger partial charge in [0.25, 0.3) is 0 Å². The molecular formula is C9H18N4O2S2. The highest BCUT2D eigenvalue weighted by molar-refractivity contribution is 7.92. The molecule has 8 heteroatoms. The Labute approximate surface area is 106 Å². The summed E-state index contributed by atoms with van der Waals surface area (Å²) < 4.78 is 25.7. The Balaban J connectivity index is 2.36. The van der Waals surface area contributed by atoms with Gasteiger partial charge in [-0.2, -0.15) is 0 Å². The topological polar surface area (TPSA) is 84.0 Å². The lowest BCUT2D eigenvalue weighted by molar-refractivity contribution is 0.571. The molecule has 6 nitrogen and oxygen atoms in total. The smallest absolute Gasteiger partial charge is 0.234 e. The van der Waals surface area contributed by atoms with Crippen LogP contribution in [0.3, 0.4) is 0 Å². The van der Waals surface area contributed by atoms with E-state index < -0.39 is 10.0 Å². The van der Waals surface area contributed by atoms with Crippen LogP contribution in [0.25, 0.3) is 0 Å². The van der Waals surface area contributed by atoms with Crippen LogP contribution in [0.2, 0.25) is 0 Å². The first-order valence-electron chi connectivity index (χ1n) is 5.43. The van der Waals surface area contributed by atoms with Gasteiger partial charge in [0, 0.05) is 6.04 Å². The van der Waals surface area contributed by atoms with E-state index in [0.29, 0.717) is 24.1 Å². The van der Waals surface area contributed by atoms with Crippen molar-refractivity contribution in [2.24, 2.45) is 0 Å². The molecule has 0 saturated carbocycles. The normalized spacial score (nSPS) is 12.0. The Bertz CT molecular complexity index is 442. The van der Waals surface area contributed by atoms with Crippen molar-refractivity contribution in [3.05, 3.63) is 5.01 Å². The average Bonchev–Trinajstić information content (AvgIpc) is 2.57. The molecule has 2 N–H and O–H groups in total. The van der Waals surface area contributed by atoms with Crippen molar-refractivity contribution in [1.82, 2.24) is 15.5 Å². The van der Waals surface area contributed by atoms with Gasteiger partial charge in [0.05, 0.1) is 5.75 Å². The molecule has 0 atom stereocenters. The minimum absolute atomic E-state index is 0.0886. The zero-order valence-corrected chi connectivity index (χ0v) is 11.9. The van der Waals surface area contributed by atoms with Crippen LogP contribution in [0.4, 0.5) is 5.13 Å². The van der Waals surface area contributed by atoms with Crippen LogP contribution in [-0.2, 0) is 10.0 Å². The third-order valence-corrected chi connectivity index (χ3v) is 4.13. The van der Waals surface area contributed by atoms with Gasteiger partial charge in [-0.3, -0.25) is 4.72 Å². The van der Waals surface area contributed by atoms with Crippen molar-refractivity contribution in [2.75, 3.05) is 17.0 Å². The maximum atomic E-state index is 11.7. The van der Waals surface area contributed by atoms with Crippen molar-refractivity contribution in [2.45, 2.75) is 33.2 Å². The van der Waals surface area contributed by atoms with E-state index in [1.165, 1.54) is 11.3 Å². The van der Waals surface area contributed by atoms with Crippen LogP contribution in [0.1, 0.15) is 25.3 Å². The molecule has 17 heavy (non-hydrogen) atoms. The Morgan fingerprint density at radius 1 is 1.35 bits per heavy atom. The number of rotatable bonds is 7. The summed E-state index contributed by atoms with van der Waals surface area (Å²) in [5.41, 5.74) is 0. The van der Waals surface area contributed by atoms with Crippen LogP contribution in [-0.4, -0.2) is 37.0 Å². The van der Waals surface area contributed by atoms with E-state index in [1.807, 2.05) is 13.8 Å². The second-order valence-corrected chi connectivity index (χ2v) is 7.03. The first-order valence-corrected chi connectivity index (χ1v) is 7.90. The molecule has 0 aliphatic heterocycles. The summed E-state index contributed by atoms with van der Waals surface area (Å²) in [6, 6.07) is 0.372. The summed E-state index contributed by atoms with van der Waals surface area (Å²) in [5.74, 6) is 0.0886. The Morgan fingerprint density at radius 2 is 2.06 bits per heavy atom. The average molecular weight is 278 g/mol. The predicted octanol–water partition coefficient (Wildman–Crippen LogP) is 0.976. The molecule has 1 rings (SSSR count). The molecule has 0 aliphatic carbocycles. The predicted molar refractivity (Wildman–Crippen MR) is 69.8 cm³/mol. The Kier molecular flexibility index (Phi) is 5.29. The minimum atomic E-state index is -3.30. The largest absolute Gasteiger partial charge is 0.314 e. The zero-order chi connectivity index (χ0) is 12.9. The van der Waals surface area contributed by atoms with E-state index in [1.54, 1.807) is 6.92 Å². The van der Waals surface area contributed by atoms with Gasteiger partial charge in [0.15, 0.2) is 0 Å². The highest BCUT2D eigenvalue weighted by Crippen LogP contribution is 2.15. The standard InChI is InChI=1S/C9H18N4O2S2/c1-7(2)10-5-4-6-17(14,15)13-9-12-11-8(3)16-9/h7,10H,4-6H2,1-3H3,(H,12,13). The highest BCUT2D eigenvalue weighted by atomic mass is 32.2. The molecule has 0 amide bonds. The minimum Gasteiger partial charge on any atom is -0.314 e. The Morgan fingerprint density at radius 3 is 2.59 bits per heavy atom. The summed E-state index contributed by atoms with van der Waals surface area (Å²) in [4.78, 5) is 0. The quantitative estimate of drug-likeness (QED) is 0.726. The van der Waals surface area contributed by atoms with E-state index >= 15 is 0 Å². The summed E-state index contributed by atoms with van der Waals surface area (Å²) in [6.45, 7) is 6.52. The second-order valence-electron chi connectivity index (χ2n) is 4.01. The number of aromatic nitrogens is 2. The fourth-order valence-corrected chi connectivity index (χ4v) is 3.10. The molecule has 1 heterocycles. The number of sulfonamides is 1. The fraction of sp³-hybridized carbons (Fsp3) is 0.778. The van der Waals surface area contributed by atoms with E-state index in [-0.39, 0.29) is 5.75 Å². The maximum Gasteiger partial charge on any atom is 0.234 e. The summed E-state index contributed by atoms with van der Waals surface area (Å²) in [7, 11) is -3.30. The maximum absolute atomic E-state index is 11.7. The van der Waals surface area contributed by atoms with Crippen molar-refractivity contribution in [1.29, 1.82) is 0 Å². The third kappa shape index (κ3) is 5.94. The van der Waals surface area contributed by atoms with Crippen LogP contribution in [0, 0.1) is 6.92 Å². The molecule has 0 fully saturated rings. The number of nitrogens with zero attached hydrogens (tertiary/aromatic N) is 2. The molecule has 1 aromatic rings. The van der Waals surface area contributed by atoms with Gasteiger partial charge >= 0.3 is 0 Å². The lowest BCUT2D eigenvalue weighted by Crippen LogP contribution is -2.26. The monoisotopic (exact) mass is 278 g/mol. The lowest BCUT2D eigenvalue weighted by atomic mass is 10.4. The molecule has 0 saturated heterocycles. The van der Waals surface area contributed by atoms with E-state index in [9.17, 15) is 8.42 Å². The first kappa shape index (κ1) is 14.3. The van der Waals surface area contributed by atoms with Gasteiger partial charge in [-0.1, -0.05) is 25.2 Å². The lowest BCUT2D eigenvalue weighted by Gasteiger charge is -2.08. The van der Waals surface area contributed by atoms with Crippen molar-refractivity contribution < 1.29 is 8.42 Å². The molecule has 0 aliphatic rings. The van der Waals surface area contributed by atoms with Gasteiger partial charge in [-0.25, -0.2) is 8.42 Å². The fourth-order valence-electron chi connectivity index (χ4n) is 1.17. The van der Waals surface area contributed by atoms with Gasteiger partial charge in [-0.15, -0.1) is 10.2 Å². The number of hydrogen-bond acceptors (Lipinski definition) is 6. The van der Waals surface area contributed by atoms with Crippen molar-refractivity contribution in [3.63, 3.8) is 0 Å². The summed E-state index contributed by atoms with van der Waals surface area (Å²) in [5, 5.41) is 11.7. The van der Waals surface area contributed by atoms with Crippen LogP contribution < -0.4 is 10.0 Å². The number of anilines is 1. The van der Waals surface area contributed by atoms with Gasteiger partial charge in [-0.05, 0) is 19.9 Å². The highest BCUT2D eigenvalue weighted by Gasteiger charge is 2.12. The molecule has 0 spiro atoms. The first-order chi connectivity index (χ1) is 7.89. The summed E-state index contributed by atoms with van der Waals surface area (Å²) >= 11 is 1.23. The molecule has 98 valence electrons. The summed E-state index contributed by atoms with van der Waals surface area (Å²) in [6.07, 6.45) is 0.575. The molecule has 0 bridgehead atoms. The number of nitrogens with one attached hydrogen (secondary N) is 2. The van der Waals surface area contributed by atoms with Crippen molar-refractivity contribution in [3.8, 4) is 0 Å². The number of hydrogen-bond donors (Lipinski definition) is 2. The van der Waals surface area contributed by atoms with Gasteiger partial charge in [0.2, 0.25) is 15.2 Å². The molecule has 0 radical (unpaired) electrons. The van der Waals surface area contributed by atoms with Crippen LogP contribution in [0.5, 0.6) is 0 Å². The molecule has 1 aromatic heterocycles. The van der Waals surface area contributed by atoms with E-state index in [4.69, 9.17) is 0 Å². The van der Waals surface area contributed by atoms with Crippen molar-refractivity contribution >= 4 is 26.5 Å². The SMILES string of the molecule is Cc1nnc(NS(=O)(=O)CCCNC(C)C)s1. The van der Waals surface area contributed by atoms with Crippen LogP contribution in [0.15, 0.2) is 0 Å². The van der Waals surface area contributed by atoms with Crippen LogP contribution >= 0.6 is 11.3 Å². The van der Waals surface area contributed by atoms with E-state index in [2.05, 4.69) is 20.2 Å². The van der Waals surface area contributed by atoms with Gasteiger partial charge < -0.3 is 5.32 Å². The molecule has 0 aromatic carbocycles. The number of aryl methyl sites for hydroxylation is 1. The second kappa shape index (κ2) is 6.27. The third-order valence-electron chi connectivity index (χ3n) is 1.91. The van der Waals surface area contributed by atoms with E-state index in [0.717, 1.165) is 5.01 Å². The molecular weight excluding hydrogens is 260 g/mol. The van der Waals surface area contributed by atoms with Gasteiger partial charge in [0.1, 0.15) is 5.01 Å². The zero-order valence-electron chi connectivity index (χ0n) is 10.2.